The lowest BCUT2D eigenvalue weighted by Gasteiger charge is -2.06. The van der Waals surface area contributed by atoms with Crippen molar-refractivity contribution in [2.75, 3.05) is 0 Å². The third-order valence-electron chi connectivity index (χ3n) is 1.99. The van der Waals surface area contributed by atoms with Gasteiger partial charge >= 0.3 is 11.8 Å². The normalized spacial score (nSPS) is 10.1. The van der Waals surface area contributed by atoms with E-state index in [0.717, 1.165) is 0 Å². The summed E-state index contributed by atoms with van der Waals surface area (Å²) in [5.74, 6) is -2.54. The Kier molecular flexibility index (Phi) is 3.83. The van der Waals surface area contributed by atoms with Gasteiger partial charge in [0.25, 0.3) is 12.1 Å². The van der Waals surface area contributed by atoms with Crippen LogP contribution in [0.5, 0.6) is 0 Å². The maximum Gasteiger partial charge on any atom is 0.369 e. The van der Waals surface area contributed by atoms with Gasteiger partial charge in [0.05, 0.1) is 12.0 Å². The van der Waals surface area contributed by atoms with Gasteiger partial charge in [-0.05, 0) is 9.91 Å². The van der Waals surface area contributed by atoms with Crippen LogP contribution in [0.3, 0.4) is 0 Å². The zero-order valence-corrected chi connectivity index (χ0v) is 8.63. The van der Waals surface area contributed by atoms with E-state index in [0.29, 0.717) is 6.07 Å². The lowest BCUT2D eigenvalue weighted by molar-refractivity contribution is -0.390. The molecule has 18 heavy (non-hydrogen) atoms. The molecule has 0 radical (unpaired) electrons. The van der Waals surface area contributed by atoms with E-state index in [1.165, 1.54) is 6.07 Å². The third-order valence-corrected chi connectivity index (χ3v) is 1.99. The van der Waals surface area contributed by atoms with Crippen LogP contribution in [0.4, 0.5) is 14.6 Å². The molecule has 0 amide bonds. The number of nitriles is 1. The quantitative estimate of drug-likeness (QED) is 0.643. The molecule has 0 atom stereocenters. The molecule has 1 rings (SSSR count). The molecule has 0 unspecified atom stereocenters. The van der Waals surface area contributed by atoms with E-state index in [1.54, 1.807) is 0 Å². The minimum absolute atomic E-state index is 0.564. The number of carbonyl (C=O) groups is 1. The number of aliphatic carboxylic acids is 1. The van der Waals surface area contributed by atoms with Gasteiger partial charge in [-0.2, -0.15) is 5.26 Å². The van der Waals surface area contributed by atoms with Crippen molar-refractivity contribution < 1.29 is 23.6 Å². The number of hydrogen-bond donors (Lipinski definition) is 1. The summed E-state index contributed by atoms with van der Waals surface area (Å²) in [7, 11) is 0. The minimum Gasteiger partial charge on any atom is -0.481 e. The predicted molar refractivity (Wildman–Crippen MR) is 51.9 cm³/mol. The summed E-state index contributed by atoms with van der Waals surface area (Å²) in [4.78, 5) is 23.3. The number of rotatable bonds is 4. The van der Waals surface area contributed by atoms with E-state index in [-0.39, 0.29) is 0 Å². The molecule has 0 saturated carbocycles. The molecule has 94 valence electrons. The van der Waals surface area contributed by atoms with E-state index >= 15 is 0 Å². The van der Waals surface area contributed by atoms with E-state index < -0.39 is 46.4 Å². The second kappa shape index (κ2) is 5.13. The Balaban J connectivity index is 3.56. The van der Waals surface area contributed by atoms with Gasteiger partial charge in [0.1, 0.15) is 6.07 Å². The van der Waals surface area contributed by atoms with Gasteiger partial charge in [-0.3, -0.25) is 4.79 Å². The molecule has 0 fully saturated rings. The highest BCUT2D eigenvalue weighted by molar-refractivity contribution is 5.72. The van der Waals surface area contributed by atoms with Crippen LogP contribution in [0.15, 0.2) is 6.07 Å². The number of carboxylic acid groups (broad SMARTS) is 1. The molecule has 0 aliphatic heterocycles. The van der Waals surface area contributed by atoms with Crippen LogP contribution in [0.2, 0.25) is 0 Å². The highest BCUT2D eigenvalue weighted by Gasteiger charge is 2.28. The van der Waals surface area contributed by atoms with E-state index in [2.05, 4.69) is 4.98 Å². The molecule has 1 heterocycles. The van der Waals surface area contributed by atoms with Crippen LogP contribution in [-0.2, 0) is 11.2 Å². The molecule has 0 aliphatic rings. The van der Waals surface area contributed by atoms with Crippen LogP contribution in [0.1, 0.15) is 23.2 Å². The van der Waals surface area contributed by atoms with Crippen molar-refractivity contribution in [1.82, 2.24) is 4.98 Å². The van der Waals surface area contributed by atoms with E-state index in [9.17, 15) is 23.7 Å². The van der Waals surface area contributed by atoms with Gasteiger partial charge in [0.2, 0.25) is 0 Å². The van der Waals surface area contributed by atoms with Crippen molar-refractivity contribution in [1.29, 1.82) is 5.26 Å². The number of pyridine rings is 1. The Morgan fingerprint density at radius 1 is 1.67 bits per heavy atom. The highest BCUT2D eigenvalue weighted by atomic mass is 19.3. The lowest BCUT2D eigenvalue weighted by atomic mass is 10.1. The van der Waals surface area contributed by atoms with E-state index in [4.69, 9.17) is 10.4 Å². The summed E-state index contributed by atoms with van der Waals surface area (Å²) in [5, 5.41) is 27.7. The van der Waals surface area contributed by atoms with Crippen LogP contribution >= 0.6 is 0 Å². The summed E-state index contributed by atoms with van der Waals surface area (Å²) in [6.45, 7) is 0. The number of hydrogen-bond acceptors (Lipinski definition) is 5. The topological polar surface area (TPSA) is 117 Å². The van der Waals surface area contributed by atoms with Crippen LogP contribution in [0.25, 0.3) is 0 Å². The van der Waals surface area contributed by atoms with Crippen molar-refractivity contribution in [2.24, 2.45) is 0 Å². The second-order valence-corrected chi connectivity index (χ2v) is 3.14. The molecule has 9 heteroatoms. The first-order valence-corrected chi connectivity index (χ1v) is 4.45. The SMILES string of the molecule is N#Cc1cc(C(F)F)c(CC(=O)O)c([N+](=O)[O-])n1. The summed E-state index contributed by atoms with van der Waals surface area (Å²) < 4.78 is 25.4. The number of aromatic nitrogens is 1. The summed E-state index contributed by atoms with van der Waals surface area (Å²) in [6.07, 6.45) is -4.09. The Bertz CT molecular complexity index is 553. The minimum atomic E-state index is -3.13. The monoisotopic (exact) mass is 257 g/mol. The molecular formula is C9H5F2N3O4. The smallest absolute Gasteiger partial charge is 0.369 e. The average Bonchev–Trinajstić information content (AvgIpc) is 2.27. The molecule has 0 aliphatic carbocycles. The molecule has 0 bridgehead atoms. The van der Waals surface area contributed by atoms with Gasteiger partial charge < -0.3 is 15.2 Å². The maximum absolute atomic E-state index is 12.7. The fraction of sp³-hybridized carbons (Fsp3) is 0.222. The van der Waals surface area contributed by atoms with Crippen molar-refractivity contribution >= 4 is 11.8 Å². The van der Waals surface area contributed by atoms with Gasteiger partial charge in [-0.25, -0.2) is 8.78 Å². The van der Waals surface area contributed by atoms with Crippen molar-refractivity contribution in [3.63, 3.8) is 0 Å². The number of carboxylic acids is 1. The molecule has 0 spiro atoms. The first kappa shape index (κ1) is 13.4. The Hall–Kier alpha value is -2.63. The van der Waals surface area contributed by atoms with Crippen LogP contribution in [0, 0.1) is 21.4 Å². The summed E-state index contributed by atoms with van der Waals surface area (Å²) >= 11 is 0. The summed E-state index contributed by atoms with van der Waals surface area (Å²) in [6, 6.07) is 2.05. The molecule has 0 saturated heterocycles. The first-order valence-electron chi connectivity index (χ1n) is 4.45. The fourth-order valence-electron chi connectivity index (χ4n) is 1.31. The van der Waals surface area contributed by atoms with Gasteiger partial charge in [-0.1, -0.05) is 0 Å². The highest BCUT2D eigenvalue weighted by Crippen LogP contribution is 2.29. The zero-order chi connectivity index (χ0) is 13.9. The Labute approximate surface area is 98.4 Å². The molecule has 0 aromatic carbocycles. The standard InChI is InChI=1S/C9H5F2N3O4/c10-8(11)5-1-4(3-12)13-9(14(17)18)6(5)2-7(15)16/h1,8H,2H2,(H,15,16). The van der Waals surface area contributed by atoms with Gasteiger partial charge in [-0.15, -0.1) is 0 Å². The molecule has 7 nitrogen and oxygen atoms in total. The van der Waals surface area contributed by atoms with Crippen molar-refractivity contribution in [3.05, 3.63) is 33.0 Å². The number of halogens is 2. The maximum atomic E-state index is 12.7. The molecular weight excluding hydrogens is 252 g/mol. The molecule has 1 aromatic heterocycles. The molecule has 1 N–H and O–H groups in total. The predicted octanol–water partition coefficient (Wildman–Crippen LogP) is 1.43. The van der Waals surface area contributed by atoms with Crippen LogP contribution in [-0.4, -0.2) is 21.0 Å². The second-order valence-electron chi connectivity index (χ2n) is 3.14. The Morgan fingerprint density at radius 3 is 2.67 bits per heavy atom. The van der Waals surface area contributed by atoms with Crippen molar-refractivity contribution in [3.8, 4) is 6.07 Å². The number of alkyl halides is 2. The van der Waals surface area contributed by atoms with Gasteiger partial charge in [0.15, 0.2) is 0 Å². The summed E-state index contributed by atoms with van der Waals surface area (Å²) in [5.41, 5.74) is -2.12. The third kappa shape index (κ3) is 2.73. The number of nitro groups is 1. The van der Waals surface area contributed by atoms with Crippen LogP contribution < -0.4 is 0 Å². The molecule has 1 aromatic rings. The fourth-order valence-corrected chi connectivity index (χ4v) is 1.31. The van der Waals surface area contributed by atoms with Gasteiger partial charge in [0, 0.05) is 11.6 Å². The van der Waals surface area contributed by atoms with E-state index in [1.807, 2.05) is 0 Å². The Morgan fingerprint density at radius 2 is 2.28 bits per heavy atom. The van der Waals surface area contributed by atoms with Crippen molar-refractivity contribution in [2.45, 2.75) is 12.8 Å². The zero-order valence-electron chi connectivity index (χ0n) is 8.63. The number of nitrogens with zero attached hydrogens (tertiary/aromatic N) is 3. The first-order chi connectivity index (χ1) is 8.36. The average molecular weight is 257 g/mol. The lowest BCUT2D eigenvalue weighted by Crippen LogP contribution is -2.10. The largest absolute Gasteiger partial charge is 0.481 e.